The molecule has 0 aliphatic carbocycles. The summed E-state index contributed by atoms with van der Waals surface area (Å²) in [5, 5.41) is 2.83. The summed E-state index contributed by atoms with van der Waals surface area (Å²) >= 11 is 0. The SMILES string of the molecule is COC(=O)[C@H](CCC(=O)OC(C)(C)C)NC(=O)CC(c1ccccc1)(c1ccccc1)c1ccccc1. The number of hydrogen-bond acceptors (Lipinski definition) is 5. The Morgan fingerprint density at radius 1 is 0.757 bits per heavy atom. The Hall–Kier alpha value is -3.93. The lowest BCUT2D eigenvalue weighted by molar-refractivity contribution is -0.155. The predicted octanol–water partition coefficient (Wildman–Crippen LogP) is 5.19. The Kier molecular flexibility index (Phi) is 9.23. The van der Waals surface area contributed by atoms with E-state index in [0.717, 1.165) is 16.7 Å². The smallest absolute Gasteiger partial charge is 0.328 e. The molecule has 1 atom stereocenters. The van der Waals surface area contributed by atoms with Crippen molar-refractivity contribution in [3.05, 3.63) is 108 Å². The highest BCUT2D eigenvalue weighted by atomic mass is 16.6. The highest BCUT2D eigenvalue weighted by molar-refractivity contribution is 5.86. The number of benzene rings is 3. The first-order chi connectivity index (χ1) is 17.7. The van der Waals surface area contributed by atoms with Gasteiger partial charge >= 0.3 is 11.9 Å². The summed E-state index contributed by atoms with van der Waals surface area (Å²) in [5.74, 6) is -1.39. The zero-order valence-electron chi connectivity index (χ0n) is 21.9. The fraction of sp³-hybridized carbons (Fsp3) is 0.323. The maximum atomic E-state index is 13.6. The van der Waals surface area contributed by atoms with Crippen LogP contribution in [0, 0.1) is 0 Å². The molecular weight excluding hydrogens is 466 g/mol. The molecule has 3 rings (SSSR count). The lowest BCUT2D eigenvalue weighted by atomic mass is 9.67. The Morgan fingerprint density at radius 2 is 1.19 bits per heavy atom. The van der Waals surface area contributed by atoms with Crippen LogP contribution in [-0.4, -0.2) is 36.6 Å². The molecule has 3 aromatic rings. The van der Waals surface area contributed by atoms with E-state index in [2.05, 4.69) is 5.32 Å². The van der Waals surface area contributed by atoms with Crippen molar-refractivity contribution >= 4 is 17.8 Å². The molecule has 37 heavy (non-hydrogen) atoms. The molecule has 0 spiro atoms. The van der Waals surface area contributed by atoms with Crippen molar-refractivity contribution in [2.24, 2.45) is 0 Å². The molecule has 194 valence electrons. The molecule has 1 N–H and O–H groups in total. The van der Waals surface area contributed by atoms with Crippen molar-refractivity contribution in [2.45, 2.75) is 57.1 Å². The van der Waals surface area contributed by atoms with Crippen LogP contribution in [-0.2, 0) is 29.3 Å². The number of carbonyl (C=O) groups is 3. The van der Waals surface area contributed by atoms with Crippen LogP contribution in [0.3, 0.4) is 0 Å². The number of methoxy groups -OCH3 is 1. The Labute approximate surface area is 219 Å². The molecule has 0 bridgehead atoms. The van der Waals surface area contributed by atoms with Crippen LogP contribution in [0.25, 0.3) is 0 Å². The summed E-state index contributed by atoms with van der Waals surface area (Å²) in [7, 11) is 1.26. The standard InChI is InChI=1S/C31H35NO5/c1-30(2,3)37-28(34)21-20-26(29(35)36-4)32-27(33)22-31(23-14-8-5-9-15-23,24-16-10-6-11-17-24)25-18-12-7-13-19-25/h5-19,26H,20-22H2,1-4H3,(H,32,33)/t26-/m0/s1. The van der Waals surface area contributed by atoms with Crippen molar-refractivity contribution in [3.63, 3.8) is 0 Å². The second-order valence-corrected chi connectivity index (χ2v) is 9.95. The van der Waals surface area contributed by atoms with Gasteiger partial charge in [0.25, 0.3) is 0 Å². The second-order valence-electron chi connectivity index (χ2n) is 9.95. The van der Waals surface area contributed by atoms with Crippen molar-refractivity contribution < 1.29 is 23.9 Å². The van der Waals surface area contributed by atoms with E-state index in [1.165, 1.54) is 7.11 Å². The maximum Gasteiger partial charge on any atom is 0.328 e. The predicted molar refractivity (Wildman–Crippen MR) is 143 cm³/mol. The molecule has 0 heterocycles. The first-order valence-electron chi connectivity index (χ1n) is 12.4. The van der Waals surface area contributed by atoms with E-state index in [4.69, 9.17) is 9.47 Å². The van der Waals surface area contributed by atoms with Crippen LogP contribution in [0.4, 0.5) is 0 Å². The van der Waals surface area contributed by atoms with Crippen LogP contribution >= 0.6 is 0 Å². The minimum Gasteiger partial charge on any atom is -0.467 e. The molecular formula is C31H35NO5. The number of hydrogen-bond donors (Lipinski definition) is 1. The molecule has 0 aliphatic heterocycles. The minimum atomic E-state index is -0.981. The van der Waals surface area contributed by atoms with Gasteiger partial charge in [-0.15, -0.1) is 0 Å². The van der Waals surface area contributed by atoms with Gasteiger partial charge in [-0.1, -0.05) is 91.0 Å². The summed E-state index contributed by atoms with van der Waals surface area (Å²) in [6.07, 6.45) is 0.0891. The average molecular weight is 502 g/mol. The molecule has 0 fully saturated rings. The fourth-order valence-electron chi connectivity index (χ4n) is 4.51. The van der Waals surface area contributed by atoms with E-state index in [1.807, 2.05) is 91.0 Å². The molecule has 1 amide bonds. The maximum absolute atomic E-state index is 13.6. The van der Waals surface area contributed by atoms with Crippen LogP contribution in [0.15, 0.2) is 91.0 Å². The van der Waals surface area contributed by atoms with Crippen molar-refractivity contribution in [2.75, 3.05) is 7.11 Å². The van der Waals surface area contributed by atoms with Gasteiger partial charge < -0.3 is 14.8 Å². The van der Waals surface area contributed by atoms with Gasteiger partial charge in [0.15, 0.2) is 0 Å². The highest BCUT2D eigenvalue weighted by Gasteiger charge is 2.39. The van der Waals surface area contributed by atoms with Crippen LogP contribution in [0.1, 0.15) is 56.7 Å². The summed E-state index contributed by atoms with van der Waals surface area (Å²) in [4.78, 5) is 38.4. The van der Waals surface area contributed by atoms with E-state index in [1.54, 1.807) is 20.8 Å². The van der Waals surface area contributed by atoms with Crippen molar-refractivity contribution in [3.8, 4) is 0 Å². The van der Waals surface area contributed by atoms with Gasteiger partial charge in [-0.25, -0.2) is 4.79 Å². The van der Waals surface area contributed by atoms with Gasteiger partial charge in [-0.2, -0.15) is 0 Å². The number of nitrogens with one attached hydrogen (secondary N) is 1. The molecule has 0 saturated heterocycles. The quantitative estimate of drug-likeness (QED) is 0.305. The van der Waals surface area contributed by atoms with Gasteiger partial charge in [0, 0.05) is 12.8 Å². The van der Waals surface area contributed by atoms with Crippen LogP contribution < -0.4 is 5.32 Å². The van der Waals surface area contributed by atoms with E-state index in [9.17, 15) is 14.4 Å². The van der Waals surface area contributed by atoms with Gasteiger partial charge in [0.1, 0.15) is 11.6 Å². The monoisotopic (exact) mass is 501 g/mol. The van der Waals surface area contributed by atoms with Crippen LogP contribution in [0.5, 0.6) is 0 Å². The summed E-state index contributed by atoms with van der Waals surface area (Å²) in [6.45, 7) is 5.34. The third-order valence-corrected chi connectivity index (χ3v) is 6.10. The fourth-order valence-corrected chi connectivity index (χ4v) is 4.51. The van der Waals surface area contributed by atoms with Gasteiger partial charge in [-0.3, -0.25) is 9.59 Å². The molecule has 0 radical (unpaired) electrons. The summed E-state index contributed by atoms with van der Waals surface area (Å²) in [5.41, 5.74) is 1.41. The second kappa shape index (κ2) is 12.3. The van der Waals surface area contributed by atoms with E-state index < -0.39 is 29.0 Å². The van der Waals surface area contributed by atoms with Crippen molar-refractivity contribution in [1.29, 1.82) is 0 Å². The largest absolute Gasteiger partial charge is 0.467 e. The molecule has 0 aliphatic rings. The molecule has 6 nitrogen and oxygen atoms in total. The Balaban J connectivity index is 1.95. The topological polar surface area (TPSA) is 81.7 Å². The zero-order chi connectivity index (χ0) is 26.9. The highest BCUT2D eigenvalue weighted by Crippen LogP contribution is 2.42. The van der Waals surface area contributed by atoms with E-state index in [-0.39, 0.29) is 25.2 Å². The normalized spacial score (nSPS) is 12.3. The van der Waals surface area contributed by atoms with Gasteiger partial charge in [0.05, 0.1) is 12.5 Å². The number of carbonyl (C=O) groups excluding carboxylic acids is 3. The van der Waals surface area contributed by atoms with Gasteiger partial charge in [-0.05, 0) is 43.9 Å². The zero-order valence-corrected chi connectivity index (χ0v) is 21.9. The lowest BCUT2D eigenvalue weighted by Gasteiger charge is -2.36. The number of esters is 2. The minimum absolute atomic E-state index is 0.0293. The summed E-state index contributed by atoms with van der Waals surface area (Å²) < 4.78 is 10.3. The summed E-state index contributed by atoms with van der Waals surface area (Å²) in [6, 6.07) is 28.6. The first-order valence-corrected chi connectivity index (χ1v) is 12.4. The Morgan fingerprint density at radius 3 is 1.57 bits per heavy atom. The molecule has 6 heteroatoms. The van der Waals surface area contributed by atoms with Crippen LogP contribution in [0.2, 0.25) is 0 Å². The average Bonchev–Trinajstić information content (AvgIpc) is 2.89. The first kappa shape index (κ1) is 27.7. The van der Waals surface area contributed by atoms with E-state index >= 15 is 0 Å². The molecule has 0 aromatic heterocycles. The third-order valence-electron chi connectivity index (χ3n) is 6.10. The lowest BCUT2D eigenvalue weighted by Crippen LogP contribution is -2.45. The molecule has 0 unspecified atom stereocenters. The third kappa shape index (κ3) is 7.29. The van der Waals surface area contributed by atoms with Crippen molar-refractivity contribution in [1.82, 2.24) is 5.32 Å². The number of amides is 1. The molecule has 0 saturated carbocycles. The van der Waals surface area contributed by atoms with E-state index in [0.29, 0.717) is 0 Å². The number of rotatable bonds is 10. The Bertz CT molecular complexity index is 1070. The number of ether oxygens (including phenoxy) is 2. The molecule has 3 aromatic carbocycles. The van der Waals surface area contributed by atoms with Gasteiger partial charge in [0.2, 0.25) is 5.91 Å².